The van der Waals surface area contributed by atoms with E-state index in [1.165, 1.54) is 0 Å². The molecule has 0 unspecified atom stereocenters. The van der Waals surface area contributed by atoms with E-state index < -0.39 is 6.04 Å². The summed E-state index contributed by atoms with van der Waals surface area (Å²) >= 11 is 0. The topological polar surface area (TPSA) is 67.9 Å². The van der Waals surface area contributed by atoms with Crippen LogP contribution >= 0.6 is 0 Å². The van der Waals surface area contributed by atoms with Crippen molar-refractivity contribution in [3.63, 3.8) is 0 Å². The minimum absolute atomic E-state index is 0.0321. The van der Waals surface area contributed by atoms with Crippen LogP contribution < -0.4 is 14.8 Å². The lowest BCUT2D eigenvalue weighted by molar-refractivity contribution is -0.141. The fourth-order valence-electron chi connectivity index (χ4n) is 3.55. The summed E-state index contributed by atoms with van der Waals surface area (Å²) in [5, 5.41) is 2.95. The van der Waals surface area contributed by atoms with Crippen molar-refractivity contribution in [1.29, 1.82) is 0 Å². The summed E-state index contributed by atoms with van der Waals surface area (Å²) in [5.74, 6) is 0.961. The molecule has 2 aromatic carbocycles. The van der Waals surface area contributed by atoms with Gasteiger partial charge in [-0.05, 0) is 24.1 Å². The second-order valence-corrected chi connectivity index (χ2v) is 6.33. The first-order chi connectivity index (χ1) is 13.1. The number of fused-ring (bicyclic) bond motifs is 1. The SMILES string of the molecule is CCN1C(=O)Cc2ccccc2[C@@H]1C(=O)NCc1cccc(OC)c1OC. The van der Waals surface area contributed by atoms with E-state index in [2.05, 4.69) is 5.32 Å². The average Bonchev–Trinajstić information content (AvgIpc) is 2.70. The summed E-state index contributed by atoms with van der Waals surface area (Å²) in [7, 11) is 3.14. The molecule has 142 valence electrons. The number of nitrogens with zero attached hydrogens (tertiary/aromatic N) is 1. The molecular weight excluding hydrogens is 344 g/mol. The molecule has 27 heavy (non-hydrogen) atoms. The Hall–Kier alpha value is -3.02. The highest BCUT2D eigenvalue weighted by Gasteiger charge is 2.36. The Morgan fingerprint density at radius 3 is 2.63 bits per heavy atom. The van der Waals surface area contributed by atoms with Crippen molar-refractivity contribution in [2.24, 2.45) is 0 Å². The molecule has 1 heterocycles. The molecule has 1 aliphatic rings. The van der Waals surface area contributed by atoms with E-state index >= 15 is 0 Å². The quantitative estimate of drug-likeness (QED) is 0.851. The van der Waals surface area contributed by atoms with Gasteiger partial charge >= 0.3 is 0 Å². The first kappa shape index (κ1) is 18.8. The van der Waals surface area contributed by atoms with Gasteiger partial charge in [0, 0.05) is 18.7 Å². The first-order valence-electron chi connectivity index (χ1n) is 8.95. The molecule has 0 saturated heterocycles. The van der Waals surface area contributed by atoms with Crippen molar-refractivity contribution >= 4 is 11.8 Å². The van der Waals surface area contributed by atoms with Gasteiger partial charge in [0.1, 0.15) is 6.04 Å². The summed E-state index contributed by atoms with van der Waals surface area (Å²) in [6.07, 6.45) is 0.331. The van der Waals surface area contributed by atoms with Crippen LogP contribution in [0.5, 0.6) is 11.5 Å². The standard InChI is InChI=1S/C21H24N2O4/c1-4-23-18(24)12-14-8-5-6-10-16(14)19(23)21(25)22-13-15-9-7-11-17(26-2)20(15)27-3/h5-11,19H,4,12-13H2,1-3H3,(H,22,25)/t19-/m1/s1. The number of ether oxygens (including phenoxy) is 2. The zero-order valence-electron chi connectivity index (χ0n) is 15.8. The zero-order valence-corrected chi connectivity index (χ0v) is 15.8. The van der Waals surface area contributed by atoms with E-state index in [1.54, 1.807) is 25.2 Å². The third kappa shape index (κ3) is 3.60. The number of benzene rings is 2. The Morgan fingerprint density at radius 2 is 1.93 bits per heavy atom. The van der Waals surface area contributed by atoms with Gasteiger partial charge in [-0.25, -0.2) is 0 Å². The van der Waals surface area contributed by atoms with Crippen LogP contribution in [-0.2, 0) is 22.6 Å². The molecule has 0 radical (unpaired) electrons. The maximum Gasteiger partial charge on any atom is 0.247 e. The Balaban J connectivity index is 1.84. The van der Waals surface area contributed by atoms with Crippen LogP contribution in [-0.4, -0.2) is 37.5 Å². The number of carbonyl (C=O) groups is 2. The highest BCUT2D eigenvalue weighted by molar-refractivity contribution is 5.92. The summed E-state index contributed by atoms with van der Waals surface area (Å²) in [4.78, 5) is 27.1. The van der Waals surface area contributed by atoms with Gasteiger partial charge in [-0.1, -0.05) is 36.4 Å². The molecule has 1 N–H and O–H groups in total. The summed E-state index contributed by atoms with van der Waals surface area (Å²) in [5.41, 5.74) is 2.60. The molecule has 0 saturated carbocycles. The second kappa shape index (κ2) is 8.12. The van der Waals surface area contributed by atoms with E-state index in [0.29, 0.717) is 24.5 Å². The summed E-state index contributed by atoms with van der Waals surface area (Å²) < 4.78 is 10.7. The van der Waals surface area contributed by atoms with Crippen molar-refractivity contribution in [2.75, 3.05) is 20.8 Å². The lowest BCUT2D eigenvalue weighted by Gasteiger charge is -2.35. The Kier molecular flexibility index (Phi) is 5.64. The number of carbonyl (C=O) groups excluding carboxylic acids is 2. The Morgan fingerprint density at radius 1 is 1.15 bits per heavy atom. The number of likely N-dealkylation sites (N-methyl/N-ethyl adjacent to an activating group) is 1. The molecule has 6 nitrogen and oxygen atoms in total. The largest absolute Gasteiger partial charge is 0.493 e. The predicted molar refractivity (Wildman–Crippen MR) is 102 cm³/mol. The number of amides is 2. The van der Waals surface area contributed by atoms with Crippen LogP contribution in [0.15, 0.2) is 42.5 Å². The Labute approximate surface area is 159 Å². The average molecular weight is 368 g/mol. The normalized spacial score (nSPS) is 15.9. The number of rotatable bonds is 6. The van der Waals surface area contributed by atoms with Gasteiger partial charge in [-0.2, -0.15) is 0 Å². The molecule has 3 rings (SSSR count). The minimum Gasteiger partial charge on any atom is -0.493 e. The molecule has 0 spiro atoms. The molecule has 0 aliphatic carbocycles. The molecule has 1 aliphatic heterocycles. The van der Waals surface area contributed by atoms with Crippen LogP contribution in [0.2, 0.25) is 0 Å². The molecule has 0 fully saturated rings. The number of hydrogen-bond donors (Lipinski definition) is 1. The van der Waals surface area contributed by atoms with Gasteiger partial charge in [0.2, 0.25) is 11.8 Å². The predicted octanol–water partition coefficient (Wildman–Crippen LogP) is 2.47. The van der Waals surface area contributed by atoms with E-state index in [-0.39, 0.29) is 18.4 Å². The number of hydrogen-bond acceptors (Lipinski definition) is 4. The van der Waals surface area contributed by atoms with Gasteiger partial charge in [0.25, 0.3) is 0 Å². The van der Waals surface area contributed by atoms with E-state index in [0.717, 1.165) is 16.7 Å². The summed E-state index contributed by atoms with van der Waals surface area (Å²) in [6, 6.07) is 12.5. The zero-order chi connectivity index (χ0) is 19.4. The van der Waals surface area contributed by atoms with Gasteiger partial charge in [-0.15, -0.1) is 0 Å². The van der Waals surface area contributed by atoms with Crippen molar-refractivity contribution < 1.29 is 19.1 Å². The lowest BCUT2D eigenvalue weighted by atomic mass is 9.91. The molecule has 0 aromatic heterocycles. The minimum atomic E-state index is -0.621. The van der Waals surface area contributed by atoms with Crippen LogP contribution in [0.25, 0.3) is 0 Å². The van der Waals surface area contributed by atoms with Gasteiger partial charge in [-0.3, -0.25) is 9.59 Å². The number of para-hydroxylation sites is 1. The van der Waals surface area contributed by atoms with Crippen LogP contribution in [0, 0.1) is 0 Å². The molecule has 2 aromatic rings. The van der Waals surface area contributed by atoms with Crippen molar-refractivity contribution in [3.05, 3.63) is 59.2 Å². The lowest BCUT2D eigenvalue weighted by Crippen LogP contribution is -2.47. The second-order valence-electron chi connectivity index (χ2n) is 6.33. The molecule has 2 amide bonds. The molecule has 0 bridgehead atoms. The Bertz CT molecular complexity index is 850. The molecular formula is C21H24N2O4. The van der Waals surface area contributed by atoms with Crippen molar-refractivity contribution in [1.82, 2.24) is 10.2 Å². The van der Waals surface area contributed by atoms with Gasteiger partial charge < -0.3 is 19.7 Å². The van der Waals surface area contributed by atoms with Crippen LogP contribution in [0.4, 0.5) is 0 Å². The first-order valence-corrected chi connectivity index (χ1v) is 8.95. The van der Waals surface area contributed by atoms with E-state index in [1.807, 2.05) is 43.3 Å². The fraction of sp³-hybridized carbons (Fsp3) is 0.333. The number of nitrogens with one attached hydrogen (secondary N) is 1. The highest BCUT2D eigenvalue weighted by atomic mass is 16.5. The van der Waals surface area contributed by atoms with Gasteiger partial charge in [0.05, 0.1) is 20.6 Å². The number of methoxy groups -OCH3 is 2. The van der Waals surface area contributed by atoms with E-state index in [4.69, 9.17) is 9.47 Å². The smallest absolute Gasteiger partial charge is 0.247 e. The molecule has 6 heteroatoms. The maximum atomic E-state index is 13.0. The third-order valence-electron chi connectivity index (χ3n) is 4.85. The fourth-order valence-corrected chi connectivity index (χ4v) is 3.55. The third-order valence-corrected chi connectivity index (χ3v) is 4.85. The van der Waals surface area contributed by atoms with Crippen molar-refractivity contribution in [3.8, 4) is 11.5 Å². The van der Waals surface area contributed by atoms with E-state index in [9.17, 15) is 9.59 Å². The molecule has 1 atom stereocenters. The van der Waals surface area contributed by atoms with Crippen LogP contribution in [0.1, 0.15) is 29.7 Å². The van der Waals surface area contributed by atoms with Crippen molar-refractivity contribution in [2.45, 2.75) is 25.9 Å². The van der Waals surface area contributed by atoms with Gasteiger partial charge in [0.15, 0.2) is 11.5 Å². The van der Waals surface area contributed by atoms with Crippen LogP contribution in [0.3, 0.4) is 0 Å². The summed E-state index contributed by atoms with van der Waals surface area (Å²) in [6.45, 7) is 2.65. The highest BCUT2D eigenvalue weighted by Crippen LogP contribution is 2.32. The monoisotopic (exact) mass is 368 g/mol. The maximum absolute atomic E-state index is 13.0.